The van der Waals surface area contributed by atoms with Gasteiger partial charge in [0.25, 0.3) is 0 Å². The van der Waals surface area contributed by atoms with Crippen LogP contribution in [0.2, 0.25) is 0 Å². The lowest BCUT2D eigenvalue weighted by Gasteiger charge is -2.36. The van der Waals surface area contributed by atoms with Crippen LogP contribution in [0.4, 0.5) is 11.4 Å². The van der Waals surface area contributed by atoms with Gasteiger partial charge in [0.1, 0.15) is 0 Å². The first kappa shape index (κ1) is 19.2. The van der Waals surface area contributed by atoms with Gasteiger partial charge in [0.15, 0.2) is 0 Å². The Labute approximate surface area is 190 Å². The van der Waals surface area contributed by atoms with Crippen molar-refractivity contribution in [1.29, 1.82) is 0 Å². The van der Waals surface area contributed by atoms with Crippen molar-refractivity contribution in [1.82, 2.24) is 0 Å². The molecule has 2 aliphatic rings. The van der Waals surface area contributed by atoms with Gasteiger partial charge in [0, 0.05) is 11.4 Å². The molecular formula is C30H28N2. The van der Waals surface area contributed by atoms with E-state index < -0.39 is 0 Å². The van der Waals surface area contributed by atoms with Crippen molar-refractivity contribution >= 4 is 11.4 Å². The Morgan fingerprint density at radius 1 is 0.469 bits per heavy atom. The van der Waals surface area contributed by atoms with E-state index in [1.165, 1.54) is 33.4 Å². The highest BCUT2D eigenvalue weighted by Gasteiger charge is 2.31. The summed E-state index contributed by atoms with van der Waals surface area (Å²) in [5.74, 6) is 0. The quantitative estimate of drug-likeness (QED) is 0.378. The van der Waals surface area contributed by atoms with Gasteiger partial charge in [-0.15, -0.1) is 0 Å². The number of fused-ring (bicyclic) bond motifs is 3. The summed E-state index contributed by atoms with van der Waals surface area (Å²) in [6.45, 7) is 0. The van der Waals surface area contributed by atoms with Crippen LogP contribution in [0.1, 0.15) is 45.5 Å². The molecule has 2 heteroatoms. The van der Waals surface area contributed by atoms with Gasteiger partial charge in [-0.3, -0.25) is 0 Å². The molecule has 4 aromatic rings. The maximum Gasteiger partial charge on any atom is 0.0760 e. The smallest absolute Gasteiger partial charge is 0.0760 e. The van der Waals surface area contributed by atoms with Crippen molar-refractivity contribution in [2.24, 2.45) is 0 Å². The van der Waals surface area contributed by atoms with Crippen LogP contribution in [0.25, 0.3) is 0 Å². The van der Waals surface area contributed by atoms with Gasteiger partial charge in [0.2, 0.25) is 0 Å². The summed E-state index contributed by atoms with van der Waals surface area (Å²) < 4.78 is 0. The standard InChI is InChI=1S/C30H28N2/c1-3-7-25(8-4-1)31-29-27-19-21-11-12-22-14-16-24(18-17-23(27)15-13-21)28(20-22)30(29)32-26-9-5-2-6-10-26/h1-10,13-16,19-20,29-32H,11-12,17-18H2/t29-,30+. The lowest BCUT2D eigenvalue weighted by atomic mass is 9.79. The minimum Gasteiger partial charge on any atom is -0.376 e. The predicted octanol–water partition coefficient (Wildman–Crippen LogP) is 6.89. The fraction of sp³-hybridized carbons (Fsp3) is 0.200. The molecule has 32 heavy (non-hydrogen) atoms. The fourth-order valence-corrected chi connectivity index (χ4v) is 5.30. The Kier molecular flexibility index (Phi) is 4.92. The second-order valence-electron chi connectivity index (χ2n) is 9.04. The van der Waals surface area contributed by atoms with Gasteiger partial charge in [-0.2, -0.15) is 0 Å². The normalized spacial score (nSPS) is 18.8. The molecule has 0 saturated heterocycles. The lowest BCUT2D eigenvalue weighted by Crippen LogP contribution is -2.29. The van der Waals surface area contributed by atoms with Crippen LogP contribution in [-0.2, 0) is 25.7 Å². The molecule has 0 aromatic heterocycles. The van der Waals surface area contributed by atoms with E-state index in [1.54, 1.807) is 0 Å². The summed E-state index contributed by atoms with van der Waals surface area (Å²) in [5, 5.41) is 7.85. The molecule has 0 aliphatic heterocycles. The van der Waals surface area contributed by atoms with Gasteiger partial charge in [0.05, 0.1) is 12.1 Å². The average Bonchev–Trinajstić information content (AvgIpc) is 2.83. The molecule has 2 aliphatic carbocycles. The van der Waals surface area contributed by atoms with Gasteiger partial charge in [-0.1, -0.05) is 72.8 Å². The summed E-state index contributed by atoms with van der Waals surface area (Å²) in [7, 11) is 0. The van der Waals surface area contributed by atoms with Gasteiger partial charge < -0.3 is 10.6 Å². The zero-order valence-electron chi connectivity index (χ0n) is 18.2. The first-order valence-electron chi connectivity index (χ1n) is 11.7. The molecule has 4 aromatic carbocycles. The number of hydrogen-bond donors (Lipinski definition) is 2. The second-order valence-corrected chi connectivity index (χ2v) is 9.04. The first-order chi connectivity index (χ1) is 15.8. The minimum atomic E-state index is 0.125. The molecule has 0 saturated carbocycles. The minimum absolute atomic E-state index is 0.125. The zero-order chi connectivity index (χ0) is 21.3. The van der Waals surface area contributed by atoms with Crippen LogP contribution < -0.4 is 10.6 Å². The molecule has 0 unspecified atom stereocenters. The van der Waals surface area contributed by atoms with E-state index in [9.17, 15) is 0 Å². The molecular weight excluding hydrogens is 388 g/mol. The van der Waals surface area contributed by atoms with E-state index >= 15 is 0 Å². The molecule has 0 spiro atoms. The third-order valence-electron chi connectivity index (χ3n) is 6.98. The third-order valence-corrected chi connectivity index (χ3v) is 6.98. The highest BCUT2D eigenvalue weighted by atomic mass is 15.0. The second kappa shape index (κ2) is 8.20. The van der Waals surface area contributed by atoms with Gasteiger partial charge in [-0.25, -0.2) is 0 Å². The van der Waals surface area contributed by atoms with Gasteiger partial charge >= 0.3 is 0 Å². The maximum absolute atomic E-state index is 3.92. The average molecular weight is 417 g/mol. The topological polar surface area (TPSA) is 24.1 Å². The Balaban J connectivity index is 1.57. The molecule has 2 nitrogen and oxygen atoms in total. The van der Waals surface area contributed by atoms with E-state index in [0.717, 1.165) is 37.1 Å². The van der Waals surface area contributed by atoms with Crippen LogP contribution in [0.5, 0.6) is 0 Å². The Morgan fingerprint density at radius 2 is 0.906 bits per heavy atom. The number of para-hydroxylation sites is 2. The third kappa shape index (κ3) is 3.67. The lowest BCUT2D eigenvalue weighted by molar-refractivity contribution is 0.621. The van der Waals surface area contributed by atoms with Crippen molar-refractivity contribution in [2.75, 3.05) is 10.6 Å². The number of aryl methyl sites for hydroxylation is 4. The Morgan fingerprint density at radius 3 is 1.34 bits per heavy atom. The molecule has 2 N–H and O–H groups in total. The summed E-state index contributed by atoms with van der Waals surface area (Å²) in [6, 6.07) is 35.9. The van der Waals surface area contributed by atoms with E-state index in [1.807, 2.05) is 0 Å². The zero-order valence-corrected chi connectivity index (χ0v) is 18.2. The van der Waals surface area contributed by atoms with E-state index in [2.05, 4.69) is 108 Å². The first-order valence-corrected chi connectivity index (χ1v) is 11.7. The van der Waals surface area contributed by atoms with Crippen LogP contribution in [-0.4, -0.2) is 0 Å². The number of benzene rings is 4. The summed E-state index contributed by atoms with van der Waals surface area (Å²) >= 11 is 0. The Hall–Kier alpha value is -3.52. The Bertz CT molecular complexity index is 1130. The highest BCUT2D eigenvalue weighted by Crippen LogP contribution is 2.41. The number of rotatable bonds is 4. The van der Waals surface area contributed by atoms with Crippen LogP contribution in [0.15, 0.2) is 97.1 Å². The molecule has 6 rings (SSSR count). The number of nitrogens with one attached hydrogen (secondary N) is 2. The maximum atomic E-state index is 3.92. The molecule has 158 valence electrons. The predicted molar refractivity (Wildman–Crippen MR) is 133 cm³/mol. The molecule has 0 fully saturated rings. The van der Waals surface area contributed by atoms with Crippen molar-refractivity contribution in [2.45, 2.75) is 37.8 Å². The van der Waals surface area contributed by atoms with Crippen molar-refractivity contribution in [3.63, 3.8) is 0 Å². The molecule has 0 radical (unpaired) electrons. The largest absolute Gasteiger partial charge is 0.376 e. The SMILES string of the molecule is c1ccc(N[C@@H]2c3cc4ccc3CCc3ccc(cc3[C@@H]2Nc2ccccc2)CC4)cc1. The number of hydrogen-bond acceptors (Lipinski definition) is 2. The van der Waals surface area contributed by atoms with Crippen LogP contribution in [0.3, 0.4) is 0 Å². The summed E-state index contributed by atoms with van der Waals surface area (Å²) in [5.41, 5.74) is 10.9. The van der Waals surface area contributed by atoms with Crippen LogP contribution >= 0.6 is 0 Å². The van der Waals surface area contributed by atoms with Gasteiger partial charge in [-0.05, 0) is 83.3 Å². The van der Waals surface area contributed by atoms with E-state index in [-0.39, 0.29) is 12.1 Å². The molecule has 0 heterocycles. The molecule has 4 bridgehead atoms. The summed E-state index contributed by atoms with van der Waals surface area (Å²) in [4.78, 5) is 0. The van der Waals surface area contributed by atoms with E-state index in [0.29, 0.717) is 0 Å². The van der Waals surface area contributed by atoms with Crippen molar-refractivity contribution in [3.05, 3.63) is 130 Å². The number of anilines is 2. The van der Waals surface area contributed by atoms with Crippen molar-refractivity contribution < 1.29 is 0 Å². The fourth-order valence-electron chi connectivity index (χ4n) is 5.30. The monoisotopic (exact) mass is 416 g/mol. The van der Waals surface area contributed by atoms with Crippen LogP contribution in [0, 0.1) is 0 Å². The molecule has 2 atom stereocenters. The molecule has 0 amide bonds. The van der Waals surface area contributed by atoms with E-state index in [4.69, 9.17) is 0 Å². The van der Waals surface area contributed by atoms with Crippen molar-refractivity contribution in [3.8, 4) is 0 Å². The summed E-state index contributed by atoms with van der Waals surface area (Å²) in [6.07, 6.45) is 4.32. The highest BCUT2D eigenvalue weighted by molar-refractivity contribution is 5.55.